The van der Waals surface area contributed by atoms with E-state index in [0.29, 0.717) is 0 Å². The molecule has 2 atom stereocenters. The fraction of sp³-hybridized carbons (Fsp3) is 1.00. The lowest BCUT2D eigenvalue weighted by molar-refractivity contribution is -0.0576. The molecule has 0 bridgehead atoms. The van der Waals surface area contributed by atoms with Crippen LogP contribution in [0, 0.1) is 0 Å². The lowest BCUT2D eigenvalue weighted by Gasteiger charge is -2.05. The Hall–Kier alpha value is -0.150. The number of rotatable bonds is 3. The Morgan fingerprint density at radius 2 is 2.12 bits per heavy atom. The van der Waals surface area contributed by atoms with E-state index in [9.17, 15) is 4.39 Å². The van der Waals surface area contributed by atoms with Crippen LogP contribution in [0.15, 0.2) is 0 Å². The molecule has 0 heterocycles. The van der Waals surface area contributed by atoms with Crippen molar-refractivity contribution in [2.24, 2.45) is 0 Å². The first kappa shape index (κ1) is 7.85. The summed E-state index contributed by atoms with van der Waals surface area (Å²) in [6.07, 6.45) is -1.85. The third-order valence-corrected chi connectivity index (χ3v) is 0.567. The minimum Gasteiger partial charge on any atom is -0.391 e. The van der Waals surface area contributed by atoms with Crippen LogP contribution in [0.2, 0.25) is 0 Å². The van der Waals surface area contributed by atoms with E-state index in [-0.39, 0.29) is 6.61 Å². The standard InChI is InChI=1S/C5H11FO2/c1-4(7)3-8-5(2)6/h4-5,7H,3H2,1-2H3. The molecule has 0 radical (unpaired) electrons. The number of aliphatic hydroxyl groups is 1. The summed E-state index contributed by atoms with van der Waals surface area (Å²) in [6.45, 7) is 2.89. The number of hydrogen-bond donors (Lipinski definition) is 1. The molecule has 50 valence electrons. The summed E-state index contributed by atoms with van der Waals surface area (Å²) in [5, 5.41) is 8.51. The average Bonchev–Trinajstić information content (AvgIpc) is 1.61. The molecule has 0 saturated carbocycles. The van der Waals surface area contributed by atoms with Crippen molar-refractivity contribution in [2.75, 3.05) is 6.61 Å². The van der Waals surface area contributed by atoms with Crippen LogP contribution in [0.25, 0.3) is 0 Å². The van der Waals surface area contributed by atoms with Gasteiger partial charge >= 0.3 is 0 Å². The molecule has 1 N–H and O–H groups in total. The van der Waals surface area contributed by atoms with Crippen molar-refractivity contribution >= 4 is 0 Å². The highest BCUT2D eigenvalue weighted by atomic mass is 19.1. The third-order valence-electron chi connectivity index (χ3n) is 0.567. The molecular formula is C5H11FO2. The highest BCUT2D eigenvalue weighted by molar-refractivity contribution is 4.40. The Balaban J connectivity index is 2.93. The summed E-state index contributed by atoms with van der Waals surface area (Å²) >= 11 is 0. The maximum atomic E-state index is 11.7. The van der Waals surface area contributed by atoms with Crippen LogP contribution in [-0.2, 0) is 4.74 Å². The van der Waals surface area contributed by atoms with Gasteiger partial charge in [-0.15, -0.1) is 0 Å². The van der Waals surface area contributed by atoms with Crippen LogP contribution < -0.4 is 0 Å². The van der Waals surface area contributed by atoms with Crippen LogP contribution in [-0.4, -0.2) is 24.2 Å². The van der Waals surface area contributed by atoms with Gasteiger partial charge in [-0.3, -0.25) is 0 Å². The van der Waals surface area contributed by atoms with Gasteiger partial charge in [0.25, 0.3) is 0 Å². The van der Waals surface area contributed by atoms with Gasteiger partial charge in [0.15, 0.2) is 6.36 Å². The van der Waals surface area contributed by atoms with Gasteiger partial charge < -0.3 is 9.84 Å². The van der Waals surface area contributed by atoms with Crippen molar-refractivity contribution in [1.29, 1.82) is 0 Å². The molecule has 0 aliphatic carbocycles. The summed E-state index contributed by atoms with van der Waals surface area (Å²) in [7, 11) is 0. The molecule has 0 aromatic heterocycles. The van der Waals surface area contributed by atoms with Crippen LogP contribution in [0.4, 0.5) is 4.39 Å². The Bertz CT molecular complexity index is 46.4. The normalized spacial score (nSPS) is 18.0. The Morgan fingerprint density at radius 1 is 1.62 bits per heavy atom. The van der Waals surface area contributed by atoms with Crippen LogP contribution in [0.3, 0.4) is 0 Å². The van der Waals surface area contributed by atoms with Gasteiger partial charge in [0.1, 0.15) is 0 Å². The molecule has 0 aromatic rings. The summed E-state index contributed by atoms with van der Waals surface area (Å²) in [5.41, 5.74) is 0. The molecule has 0 spiro atoms. The molecule has 0 rings (SSSR count). The molecule has 2 unspecified atom stereocenters. The van der Waals surface area contributed by atoms with Gasteiger partial charge in [-0.2, -0.15) is 0 Å². The van der Waals surface area contributed by atoms with Crippen molar-refractivity contribution in [3.05, 3.63) is 0 Å². The van der Waals surface area contributed by atoms with Crippen LogP contribution in [0.5, 0.6) is 0 Å². The fourth-order valence-corrected chi connectivity index (χ4v) is 0.272. The maximum absolute atomic E-state index is 11.7. The molecule has 3 heteroatoms. The zero-order valence-electron chi connectivity index (χ0n) is 5.10. The van der Waals surface area contributed by atoms with Crippen molar-refractivity contribution in [1.82, 2.24) is 0 Å². The van der Waals surface area contributed by atoms with Crippen molar-refractivity contribution in [3.8, 4) is 0 Å². The fourth-order valence-electron chi connectivity index (χ4n) is 0.272. The Kier molecular flexibility index (Phi) is 3.73. The van der Waals surface area contributed by atoms with Gasteiger partial charge in [0, 0.05) is 0 Å². The zero-order valence-corrected chi connectivity index (χ0v) is 5.10. The first-order chi connectivity index (χ1) is 3.63. The first-order valence-corrected chi connectivity index (χ1v) is 2.56. The maximum Gasteiger partial charge on any atom is 0.196 e. The van der Waals surface area contributed by atoms with E-state index in [1.54, 1.807) is 6.92 Å². The lowest BCUT2D eigenvalue weighted by Crippen LogP contribution is -2.13. The van der Waals surface area contributed by atoms with E-state index < -0.39 is 12.5 Å². The molecule has 0 amide bonds. The second-order valence-electron chi connectivity index (χ2n) is 1.73. The highest BCUT2D eigenvalue weighted by Gasteiger charge is 1.99. The molecule has 8 heavy (non-hydrogen) atoms. The number of hydrogen-bond acceptors (Lipinski definition) is 2. The topological polar surface area (TPSA) is 29.5 Å². The zero-order chi connectivity index (χ0) is 6.57. The van der Waals surface area contributed by atoms with Crippen molar-refractivity contribution in [2.45, 2.75) is 26.3 Å². The molecule has 0 saturated heterocycles. The van der Waals surface area contributed by atoms with Crippen molar-refractivity contribution < 1.29 is 14.2 Å². The smallest absolute Gasteiger partial charge is 0.196 e. The van der Waals surface area contributed by atoms with Crippen LogP contribution >= 0.6 is 0 Å². The Morgan fingerprint density at radius 3 is 2.25 bits per heavy atom. The van der Waals surface area contributed by atoms with Gasteiger partial charge in [-0.25, -0.2) is 4.39 Å². The molecule has 0 fully saturated rings. The third kappa shape index (κ3) is 5.85. The lowest BCUT2D eigenvalue weighted by atomic mass is 10.4. The summed E-state index contributed by atoms with van der Waals surface area (Å²) < 4.78 is 16.1. The van der Waals surface area contributed by atoms with Gasteiger partial charge in [-0.1, -0.05) is 0 Å². The van der Waals surface area contributed by atoms with E-state index in [1.165, 1.54) is 6.92 Å². The second kappa shape index (κ2) is 3.80. The average molecular weight is 122 g/mol. The number of halogens is 1. The molecule has 0 aliphatic heterocycles. The van der Waals surface area contributed by atoms with Gasteiger partial charge in [-0.05, 0) is 13.8 Å². The van der Waals surface area contributed by atoms with Gasteiger partial charge in [0.2, 0.25) is 0 Å². The minimum absolute atomic E-state index is 0.0671. The van der Waals surface area contributed by atoms with E-state index in [0.717, 1.165) is 0 Å². The molecule has 0 aliphatic rings. The summed E-state index contributed by atoms with van der Waals surface area (Å²) in [6, 6.07) is 0. The minimum atomic E-state index is -1.27. The SMILES string of the molecule is CC(O)COC(C)F. The quantitative estimate of drug-likeness (QED) is 0.597. The highest BCUT2D eigenvalue weighted by Crippen LogP contribution is 1.91. The molecular weight excluding hydrogens is 111 g/mol. The Labute approximate surface area is 48.3 Å². The summed E-state index contributed by atoms with van der Waals surface area (Å²) in [5.74, 6) is 0. The summed E-state index contributed by atoms with van der Waals surface area (Å²) in [4.78, 5) is 0. The van der Waals surface area contributed by atoms with E-state index >= 15 is 0 Å². The predicted octanol–water partition coefficient (Wildman–Crippen LogP) is 0.699. The number of alkyl halides is 1. The van der Waals surface area contributed by atoms with Crippen LogP contribution in [0.1, 0.15) is 13.8 Å². The van der Waals surface area contributed by atoms with E-state index in [4.69, 9.17) is 5.11 Å². The molecule has 2 nitrogen and oxygen atoms in total. The number of ether oxygens (including phenoxy) is 1. The van der Waals surface area contributed by atoms with E-state index in [1.807, 2.05) is 0 Å². The monoisotopic (exact) mass is 122 g/mol. The predicted molar refractivity (Wildman–Crippen MR) is 28.2 cm³/mol. The molecule has 0 aromatic carbocycles. The van der Waals surface area contributed by atoms with Crippen molar-refractivity contribution in [3.63, 3.8) is 0 Å². The van der Waals surface area contributed by atoms with E-state index in [2.05, 4.69) is 4.74 Å². The van der Waals surface area contributed by atoms with Gasteiger partial charge in [0.05, 0.1) is 12.7 Å². The first-order valence-electron chi connectivity index (χ1n) is 2.56. The largest absolute Gasteiger partial charge is 0.391 e. The second-order valence-corrected chi connectivity index (χ2v) is 1.73. The number of aliphatic hydroxyl groups excluding tert-OH is 1.